The second-order valence-corrected chi connectivity index (χ2v) is 6.53. The molecule has 0 bridgehead atoms. The molecule has 0 aliphatic carbocycles. The molecule has 1 aliphatic heterocycles. The fourth-order valence-corrected chi connectivity index (χ4v) is 1.54. The Bertz CT molecular complexity index is 453. The topological polar surface area (TPSA) is 72.9 Å². The number of carbonyl (C=O) groups excluding carboxylic acids is 3. The zero-order chi connectivity index (χ0) is 15.7. The Morgan fingerprint density at radius 3 is 2.00 bits per heavy atom. The van der Waals surface area contributed by atoms with Crippen LogP contribution >= 0.6 is 0 Å². The molecule has 2 amide bonds. The van der Waals surface area contributed by atoms with Crippen molar-refractivity contribution >= 4 is 18.0 Å². The Kier molecular flexibility index (Phi) is 4.27. The number of imide groups is 1. The molecule has 1 atom stereocenters. The Hall–Kier alpha value is -1.85. The zero-order valence-electron chi connectivity index (χ0n) is 12.7. The summed E-state index contributed by atoms with van der Waals surface area (Å²) in [7, 11) is 0. The van der Waals surface area contributed by atoms with Gasteiger partial charge in [-0.2, -0.15) is 0 Å². The molecule has 20 heavy (non-hydrogen) atoms. The molecule has 0 N–H and O–H groups in total. The van der Waals surface area contributed by atoms with Gasteiger partial charge in [0.2, 0.25) is 0 Å². The van der Waals surface area contributed by atoms with Crippen LogP contribution in [0, 0.1) is 0 Å². The van der Waals surface area contributed by atoms with Crippen molar-refractivity contribution < 1.29 is 23.9 Å². The largest absolute Gasteiger partial charge is 0.458 e. The van der Waals surface area contributed by atoms with Crippen LogP contribution in [-0.2, 0) is 19.1 Å². The minimum atomic E-state index is -1.07. The minimum absolute atomic E-state index is 0.588. The molecular weight excluding hydrogens is 262 g/mol. The normalized spacial score (nSPS) is 19.2. The molecule has 0 saturated carbocycles. The first kappa shape index (κ1) is 16.2. The van der Waals surface area contributed by atoms with Crippen molar-refractivity contribution in [3.63, 3.8) is 0 Å². The molecule has 0 saturated heterocycles. The zero-order valence-corrected chi connectivity index (χ0v) is 12.7. The molecule has 112 valence electrons. The van der Waals surface area contributed by atoms with Gasteiger partial charge in [-0.3, -0.25) is 4.79 Å². The van der Waals surface area contributed by atoms with Gasteiger partial charge in [-0.15, -0.1) is 0 Å². The standard InChI is InChI=1S/C14H21NO5/c1-13(2,3)19-11(17)9-7-8-10(16)15(9)12(18)20-14(4,5)6/h7-9H,1-6H3/t9-/m0/s1. The number of hydrogen-bond acceptors (Lipinski definition) is 5. The summed E-state index contributed by atoms with van der Waals surface area (Å²) in [5.74, 6) is -1.25. The summed E-state index contributed by atoms with van der Waals surface area (Å²) >= 11 is 0. The maximum atomic E-state index is 12.0. The summed E-state index contributed by atoms with van der Waals surface area (Å²) < 4.78 is 10.3. The number of carbonyl (C=O) groups is 3. The van der Waals surface area contributed by atoms with Gasteiger partial charge in [0, 0.05) is 6.08 Å². The molecule has 1 rings (SSSR count). The lowest BCUT2D eigenvalue weighted by Gasteiger charge is -2.28. The third-order valence-electron chi connectivity index (χ3n) is 2.18. The molecule has 0 unspecified atom stereocenters. The van der Waals surface area contributed by atoms with E-state index in [1.807, 2.05) is 0 Å². The van der Waals surface area contributed by atoms with Crippen molar-refractivity contribution in [3.05, 3.63) is 12.2 Å². The summed E-state index contributed by atoms with van der Waals surface area (Å²) in [6.45, 7) is 10.2. The fraction of sp³-hybridized carbons (Fsp3) is 0.643. The van der Waals surface area contributed by atoms with Crippen LogP contribution in [0.4, 0.5) is 4.79 Å². The van der Waals surface area contributed by atoms with Crippen molar-refractivity contribution in [1.82, 2.24) is 4.90 Å². The van der Waals surface area contributed by atoms with Crippen molar-refractivity contribution in [2.75, 3.05) is 0 Å². The Balaban J connectivity index is 2.86. The highest BCUT2D eigenvalue weighted by molar-refractivity contribution is 6.06. The lowest BCUT2D eigenvalue weighted by molar-refractivity contribution is -0.160. The third-order valence-corrected chi connectivity index (χ3v) is 2.18. The van der Waals surface area contributed by atoms with E-state index in [0.717, 1.165) is 4.90 Å². The molecule has 1 aliphatic rings. The quantitative estimate of drug-likeness (QED) is 0.688. The first-order valence-corrected chi connectivity index (χ1v) is 6.38. The maximum Gasteiger partial charge on any atom is 0.418 e. The molecule has 0 spiro atoms. The molecule has 6 nitrogen and oxygen atoms in total. The smallest absolute Gasteiger partial charge is 0.418 e. The molecule has 6 heteroatoms. The van der Waals surface area contributed by atoms with Crippen molar-refractivity contribution in [3.8, 4) is 0 Å². The monoisotopic (exact) mass is 283 g/mol. The van der Waals surface area contributed by atoms with Crippen LogP contribution in [0.15, 0.2) is 12.2 Å². The summed E-state index contributed by atoms with van der Waals surface area (Å²) in [5, 5.41) is 0. The van der Waals surface area contributed by atoms with Gasteiger partial charge in [0.05, 0.1) is 0 Å². The van der Waals surface area contributed by atoms with Gasteiger partial charge in [-0.05, 0) is 47.6 Å². The van der Waals surface area contributed by atoms with Gasteiger partial charge in [-0.25, -0.2) is 14.5 Å². The molecule has 0 fully saturated rings. The molecule has 1 heterocycles. The van der Waals surface area contributed by atoms with Gasteiger partial charge < -0.3 is 9.47 Å². The van der Waals surface area contributed by atoms with Crippen LogP contribution in [0.1, 0.15) is 41.5 Å². The number of rotatable bonds is 1. The van der Waals surface area contributed by atoms with E-state index in [0.29, 0.717) is 0 Å². The van der Waals surface area contributed by atoms with Crippen LogP contribution in [0.25, 0.3) is 0 Å². The Morgan fingerprint density at radius 1 is 1.05 bits per heavy atom. The van der Waals surface area contributed by atoms with Gasteiger partial charge in [0.25, 0.3) is 5.91 Å². The SMILES string of the molecule is CC(C)(C)OC(=O)[C@@H]1C=CC(=O)N1C(=O)OC(C)(C)C. The van der Waals surface area contributed by atoms with Crippen molar-refractivity contribution in [2.24, 2.45) is 0 Å². The summed E-state index contributed by atoms with van der Waals surface area (Å²) in [5.41, 5.74) is -1.45. The average molecular weight is 283 g/mol. The molecule has 0 aromatic carbocycles. The van der Waals surface area contributed by atoms with Crippen LogP contribution in [0.5, 0.6) is 0 Å². The number of hydrogen-bond donors (Lipinski definition) is 0. The lowest BCUT2D eigenvalue weighted by atomic mass is 10.2. The second kappa shape index (κ2) is 5.26. The van der Waals surface area contributed by atoms with E-state index in [9.17, 15) is 14.4 Å². The second-order valence-electron chi connectivity index (χ2n) is 6.53. The number of nitrogens with zero attached hydrogens (tertiary/aromatic N) is 1. The Labute approximate surface area is 118 Å². The van der Waals surface area contributed by atoms with Gasteiger partial charge in [0.15, 0.2) is 6.04 Å². The highest BCUT2D eigenvalue weighted by Gasteiger charge is 2.40. The van der Waals surface area contributed by atoms with E-state index < -0.39 is 35.2 Å². The Morgan fingerprint density at radius 2 is 1.55 bits per heavy atom. The first-order chi connectivity index (χ1) is 8.91. The van der Waals surface area contributed by atoms with E-state index in [2.05, 4.69) is 0 Å². The number of amides is 2. The van der Waals surface area contributed by atoms with Crippen LogP contribution in [0.2, 0.25) is 0 Å². The van der Waals surface area contributed by atoms with Crippen LogP contribution < -0.4 is 0 Å². The fourth-order valence-electron chi connectivity index (χ4n) is 1.54. The van der Waals surface area contributed by atoms with Gasteiger partial charge in [0.1, 0.15) is 11.2 Å². The van der Waals surface area contributed by atoms with Gasteiger partial charge >= 0.3 is 12.1 Å². The van der Waals surface area contributed by atoms with E-state index in [1.165, 1.54) is 12.2 Å². The van der Waals surface area contributed by atoms with E-state index >= 15 is 0 Å². The van der Waals surface area contributed by atoms with Crippen LogP contribution in [-0.4, -0.2) is 40.1 Å². The maximum absolute atomic E-state index is 12.0. The van der Waals surface area contributed by atoms with E-state index in [1.54, 1.807) is 41.5 Å². The highest BCUT2D eigenvalue weighted by Crippen LogP contribution is 2.20. The molecular formula is C14H21NO5. The van der Waals surface area contributed by atoms with Crippen molar-refractivity contribution in [1.29, 1.82) is 0 Å². The molecule has 0 radical (unpaired) electrons. The number of esters is 1. The number of ether oxygens (including phenoxy) is 2. The summed E-state index contributed by atoms with van der Waals surface area (Å²) in [6, 6.07) is -1.07. The molecule has 0 aromatic heterocycles. The van der Waals surface area contributed by atoms with Crippen molar-refractivity contribution in [2.45, 2.75) is 58.8 Å². The predicted molar refractivity (Wildman–Crippen MR) is 71.9 cm³/mol. The van der Waals surface area contributed by atoms with Crippen LogP contribution in [0.3, 0.4) is 0 Å². The first-order valence-electron chi connectivity index (χ1n) is 6.38. The summed E-state index contributed by atoms with van der Waals surface area (Å²) in [4.78, 5) is 36.5. The van der Waals surface area contributed by atoms with Gasteiger partial charge in [-0.1, -0.05) is 0 Å². The average Bonchev–Trinajstić information content (AvgIpc) is 2.54. The predicted octanol–water partition coefficient (Wildman–Crippen LogP) is 2.03. The minimum Gasteiger partial charge on any atom is -0.458 e. The lowest BCUT2D eigenvalue weighted by Crippen LogP contribution is -2.47. The van der Waals surface area contributed by atoms with E-state index in [4.69, 9.17) is 9.47 Å². The third kappa shape index (κ3) is 4.36. The highest BCUT2D eigenvalue weighted by atomic mass is 16.6. The molecule has 0 aromatic rings. The van der Waals surface area contributed by atoms with E-state index in [-0.39, 0.29) is 0 Å². The summed E-state index contributed by atoms with van der Waals surface area (Å²) in [6.07, 6.45) is 1.64.